The van der Waals surface area contributed by atoms with E-state index in [0.29, 0.717) is 30.8 Å². The van der Waals surface area contributed by atoms with Crippen molar-refractivity contribution in [2.75, 3.05) is 20.8 Å². The highest BCUT2D eigenvalue weighted by molar-refractivity contribution is 5.87. The Labute approximate surface area is 282 Å². The van der Waals surface area contributed by atoms with Gasteiger partial charge >= 0.3 is 11.9 Å². The largest absolute Gasteiger partial charge is 0.465 e. The third-order valence-corrected chi connectivity index (χ3v) is 15.0. The molecule has 0 aliphatic heterocycles. The van der Waals surface area contributed by atoms with Gasteiger partial charge in [0.1, 0.15) is 25.1 Å². The lowest BCUT2D eigenvalue weighted by atomic mass is 9.33. The van der Waals surface area contributed by atoms with Crippen LogP contribution in [-0.2, 0) is 33.3 Å². The van der Waals surface area contributed by atoms with Crippen molar-refractivity contribution in [3.63, 3.8) is 0 Å². The molecule has 12 atom stereocenters. The number of carbonyl (C=O) groups is 3. The van der Waals surface area contributed by atoms with Crippen molar-refractivity contribution in [1.29, 1.82) is 0 Å². The summed E-state index contributed by atoms with van der Waals surface area (Å²) >= 11 is 0. The summed E-state index contributed by atoms with van der Waals surface area (Å²) < 4.78 is 25.2. The van der Waals surface area contributed by atoms with Crippen LogP contribution in [0.15, 0.2) is 23.3 Å². The van der Waals surface area contributed by atoms with Gasteiger partial charge in [-0.25, -0.2) is 4.79 Å². The van der Waals surface area contributed by atoms with Crippen molar-refractivity contribution in [1.82, 2.24) is 0 Å². The Morgan fingerprint density at radius 3 is 2.21 bits per heavy atom. The first-order chi connectivity index (χ1) is 21.9. The van der Waals surface area contributed by atoms with Gasteiger partial charge in [-0.3, -0.25) is 4.79 Å². The molecule has 0 aromatic rings. The summed E-state index contributed by atoms with van der Waals surface area (Å²) in [7, 11) is 3.41. The van der Waals surface area contributed by atoms with Gasteiger partial charge < -0.3 is 28.8 Å². The number of methoxy groups -OCH3 is 2. The number of hydrogen-bond donors (Lipinski definition) is 1. The predicted octanol–water partition coefficient (Wildman–Crippen LogP) is 6.63. The Morgan fingerprint density at radius 1 is 0.957 bits per heavy atom. The van der Waals surface area contributed by atoms with E-state index in [2.05, 4.69) is 40.7 Å². The van der Waals surface area contributed by atoms with E-state index in [1.165, 1.54) is 12.5 Å². The molecule has 5 aliphatic rings. The first kappa shape index (κ1) is 36.3. The lowest BCUT2D eigenvalue weighted by molar-refractivity contribution is -0.270. The lowest BCUT2D eigenvalue weighted by Gasteiger charge is -2.72. The molecule has 0 unspecified atom stereocenters. The monoisotopic (exact) mass is 656 g/mol. The van der Waals surface area contributed by atoms with E-state index >= 15 is 0 Å². The zero-order chi connectivity index (χ0) is 35.0. The van der Waals surface area contributed by atoms with E-state index in [4.69, 9.17) is 18.9 Å². The predicted molar refractivity (Wildman–Crippen MR) is 179 cm³/mol. The number of fused-ring (bicyclic) bond motifs is 7. The van der Waals surface area contributed by atoms with Gasteiger partial charge in [-0.05, 0) is 92.8 Å². The number of allylic oxidation sites excluding steroid dienone is 3. The molecule has 0 aromatic carbocycles. The number of aliphatic hydroxyl groups is 1. The number of hydrogen-bond acceptors (Lipinski definition) is 8. The molecule has 0 heterocycles. The maximum absolute atomic E-state index is 13.3. The summed E-state index contributed by atoms with van der Waals surface area (Å²) in [4.78, 5) is 38.3. The normalized spacial score (nSPS) is 47.3. The lowest BCUT2D eigenvalue weighted by Crippen LogP contribution is -2.72. The van der Waals surface area contributed by atoms with E-state index < -0.39 is 34.6 Å². The van der Waals surface area contributed by atoms with Gasteiger partial charge in [0.15, 0.2) is 0 Å². The molecule has 264 valence electrons. The molecule has 4 saturated carbocycles. The van der Waals surface area contributed by atoms with Crippen molar-refractivity contribution in [3.8, 4) is 0 Å². The molecule has 0 spiro atoms. The highest BCUT2D eigenvalue weighted by Gasteiger charge is 2.73. The molecular formula is C39H60O8. The van der Waals surface area contributed by atoms with Gasteiger partial charge in [0, 0.05) is 32.1 Å². The van der Waals surface area contributed by atoms with Crippen LogP contribution in [-0.4, -0.2) is 68.6 Å². The van der Waals surface area contributed by atoms with Crippen LogP contribution >= 0.6 is 0 Å². The van der Waals surface area contributed by atoms with Gasteiger partial charge in [0.25, 0.3) is 0 Å². The Kier molecular flexibility index (Phi) is 9.32. The SMILES string of the molecule is C/C=C(\C)C(=O)O[C@H]1[C@H](OC)[C@]2(COC(C)=O)[C@H](OC)C[C@]3(C)C(=CC[C@@H]4[C@@]5(C)CC[C@H](O)[C@@](C)(C=O)[C@@H]5CC[C@]43C)[C@@H]2CC1(C)C. The van der Waals surface area contributed by atoms with E-state index in [-0.39, 0.29) is 52.7 Å². The number of aliphatic hydroxyl groups excluding tert-OH is 1. The molecule has 0 saturated heterocycles. The molecule has 4 fully saturated rings. The minimum atomic E-state index is -0.792. The summed E-state index contributed by atoms with van der Waals surface area (Å²) in [5, 5.41) is 11.1. The van der Waals surface area contributed by atoms with Crippen LogP contribution in [0.3, 0.4) is 0 Å². The van der Waals surface area contributed by atoms with E-state index in [9.17, 15) is 19.5 Å². The number of esters is 2. The zero-order valence-corrected chi connectivity index (χ0v) is 30.7. The zero-order valence-electron chi connectivity index (χ0n) is 30.7. The average Bonchev–Trinajstić information content (AvgIpc) is 3.02. The standard InChI is InChI=1S/C39H60O8/c1-12-23(2)33(43)47-31-32(45-11)39(22-46-24(3)41)26(19-34(31,4)5)25-13-14-28-35(6)17-16-29(42)36(7,21-40)27(35)15-18-37(28,8)38(25,9)20-30(39)44-10/h12-13,21,26-32,42H,14-20,22H2,1-11H3/b23-12+/t26-,27+,28+,29-,30+,31-,32-,35-,36-,37+,38+,39-/m0/s1. The highest BCUT2D eigenvalue weighted by atomic mass is 16.6. The molecule has 0 radical (unpaired) electrons. The van der Waals surface area contributed by atoms with Crippen LogP contribution in [0, 0.1) is 50.2 Å². The molecule has 8 nitrogen and oxygen atoms in total. The molecule has 5 rings (SSSR count). The Morgan fingerprint density at radius 2 is 1.64 bits per heavy atom. The topological polar surface area (TPSA) is 108 Å². The maximum atomic E-state index is 13.3. The molecule has 0 bridgehead atoms. The number of carbonyl (C=O) groups excluding carboxylic acids is 3. The number of rotatable bonds is 7. The quantitative estimate of drug-likeness (QED) is 0.141. The second kappa shape index (κ2) is 12.1. The third-order valence-electron chi connectivity index (χ3n) is 15.0. The molecule has 1 N–H and O–H groups in total. The summed E-state index contributed by atoms with van der Waals surface area (Å²) in [6, 6.07) is 0. The van der Waals surface area contributed by atoms with Crippen molar-refractivity contribution in [3.05, 3.63) is 23.3 Å². The molecule has 8 heteroatoms. The van der Waals surface area contributed by atoms with Crippen LogP contribution < -0.4 is 0 Å². The first-order valence-corrected chi connectivity index (χ1v) is 17.8. The average molecular weight is 657 g/mol. The van der Waals surface area contributed by atoms with Crippen LogP contribution in [0.2, 0.25) is 0 Å². The van der Waals surface area contributed by atoms with Gasteiger partial charge in [0.2, 0.25) is 0 Å². The highest BCUT2D eigenvalue weighted by Crippen LogP contribution is 2.76. The van der Waals surface area contributed by atoms with Crippen molar-refractivity contribution >= 4 is 18.2 Å². The second-order valence-electron chi connectivity index (χ2n) is 17.4. The van der Waals surface area contributed by atoms with Crippen molar-refractivity contribution in [2.45, 2.75) is 132 Å². The molecule has 0 aromatic heterocycles. The fraction of sp³-hybridized carbons (Fsp3) is 0.821. The third kappa shape index (κ3) is 4.96. The maximum Gasteiger partial charge on any atom is 0.333 e. The summed E-state index contributed by atoms with van der Waals surface area (Å²) in [5.41, 5.74) is -0.551. The fourth-order valence-corrected chi connectivity index (χ4v) is 12.1. The van der Waals surface area contributed by atoms with Crippen molar-refractivity contribution in [2.24, 2.45) is 50.2 Å². The van der Waals surface area contributed by atoms with Gasteiger partial charge in [-0.2, -0.15) is 0 Å². The van der Waals surface area contributed by atoms with Crippen LogP contribution in [0.1, 0.15) is 107 Å². The molecule has 5 aliphatic carbocycles. The van der Waals surface area contributed by atoms with Crippen LogP contribution in [0.4, 0.5) is 0 Å². The minimum absolute atomic E-state index is 0.0556. The Bertz CT molecular complexity index is 1330. The number of aldehydes is 1. The number of ether oxygens (including phenoxy) is 4. The van der Waals surface area contributed by atoms with Crippen LogP contribution in [0.25, 0.3) is 0 Å². The molecule has 47 heavy (non-hydrogen) atoms. The first-order valence-electron chi connectivity index (χ1n) is 17.8. The summed E-state index contributed by atoms with van der Waals surface area (Å²) in [6.45, 7) is 18.7. The van der Waals surface area contributed by atoms with Gasteiger partial charge in [0.05, 0.1) is 23.0 Å². The van der Waals surface area contributed by atoms with E-state index in [0.717, 1.165) is 32.0 Å². The van der Waals surface area contributed by atoms with Gasteiger partial charge in [-0.1, -0.05) is 59.3 Å². The Hall–Kier alpha value is -2.03. The second-order valence-corrected chi connectivity index (χ2v) is 17.4. The summed E-state index contributed by atoms with van der Waals surface area (Å²) in [5.74, 6) is -0.367. The van der Waals surface area contributed by atoms with E-state index in [1.807, 2.05) is 13.8 Å². The van der Waals surface area contributed by atoms with Crippen molar-refractivity contribution < 1.29 is 38.4 Å². The van der Waals surface area contributed by atoms with Crippen LogP contribution in [0.5, 0.6) is 0 Å². The summed E-state index contributed by atoms with van der Waals surface area (Å²) in [6.07, 6.45) is 8.75. The minimum Gasteiger partial charge on any atom is -0.465 e. The van der Waals surface area contributed by atoms with Gasteiger partial charge in [-0.15, -0.1) is 0 Å². The smallest absolute Gasteiger partial charge is 0.333 e. The molecular weight excluding hydrogens is 596 g/mol. The Balaban J connectivity index is 1.67. The molecule has 0 amide bonds. The fourth-order valence-electron chi connectivity index (χ4n) is 12.1. The van der Waals surface area contributed by atoms with E-state index in [1.54, 1.807) is 27.2 Å².